The second-order valence-electron chi connectivity index (χ2n) is 4.86. The van der Waals surface area contributed by atoms with E-state index in [0.717, 1.165) is 6.07 Å². The molecule has 0 bridgehead atoms. The number of carboxylic acids is 2. The minimum Gasteiger partial charge on any atom is -0.508 e. The van der Waals surface area contributed by atoms with Gasteiger partial charge < -0.3 is 20.4 Å². The van der Waals surface area contributed by atoms with Crippen molar-refractivity contribution in [3.05, 3.63) is 96.1 Å². The van der Waals surface area contributed by atoms with Gasteiger partial charge in [0.05, 0.1) is 11.1 Å². The van der Waals surface area contributed by atoms with Crippen molar-refractivity contribution in [1.82, 2.24) is 0 Å². The fourth-order valence-electron chi connectivity index (χ4n) is 1.64. The lowest BCUT2D eigenvalue weighted by Crippen LogP contribution is -2.01. The number of hydrogen-bond acceptors (Lipinski definition) is 4. The van der Waals surface area contributed by atoms with E-state index in [4.69, 9.17) is 20.4 Å². The molecule has 26 heavy (non-hydrogen) atoms. The monoisotopic (exact) mass is 354 g/mol. The van der Waals surface area contributed by atoms with Crippen molar-refractivity contribution in [2.45, 2.75) is 0 Å². The predicted octanol–water partition coefficient (Wildman–Crippen LogP) is 3.87. The summed E-state index contributed by atoms with van der Waals surface area (Å²) in [5.74, 6) is -1.61. The molecule has 0 saturated heterocycles. The number of phenolic OH excluding ortho intramolecular Hbond substituents is 2. The van der Waals surface area contributed by atoms with Crippen LogP contribution in [-0.2, 0) is 0 Å². The van der Waals surface area contributed by atoms with E-state index in [0.29, 0.717) is 11.5 Å². The molecule has 0 heterocycles. The fraction of sp³-hybridized carbons (Fsp3) is 0. The van der Waals surface area contributed by atoms with Crippen LogP contribution >= 0.6 is 0 Å². The van der Waals surface area contributed by atoms with Crippen LogP contribution in [-0.4, -0.2) is 32.4 Å². The molecule has 6 heteroatoms. The first kappa shape index (κ1) is 20.2. The summed E-state index contributed by atoms with van der Waals surface area (Å²) in [6.45, 7) is 0. The van der Waals surface area contributed by atoms with Gasteiger partial charge in [0.25, 0.3) is 0 Å². The summed E-state index contributed by atoms with van der Waals surface area (Å²) < 4.78 is 0. The molecule has 0 atom stereocenters. The Morgan fingerprint density at radius 1 is 0.538 bits per heavy atom. The van der Waals surface area contributed by atoms with E-state index in [2.05, 4.69) is 0 Å². The number of hydrogen-bond donors (Lipinski definition) is 4. The Bertz CT molecular complexity index is 749. The molecule has 3 aromatic carbocycles. The van der Waals surface area contributed by atoms with E-state index in [1.54, 1.807) is 48.5 Å². The van der Waals surface area contributed by atoms with Crippen molar-refractivity contribution in [3.63, 3.8) is 0 Å². The summed E-state index contributed by atoms with van der Waals surface area (Å²) in [6, 6.07) is 22.6. The molecule has 0 aliphatic heterocycles. The van der Waals surface area contributed by atoms with Gasteiger partial charge in [-0.25, -0.2) is 9.59 Å². The highest BCUT2D eigenvalue weighted by molar-refractivity contribution is 5.93. The van der Waals surface area contributed by atoms with Crippen LogP contribution in [0.4, 0.5) is 0 Å². The molecule has 0 unspecified atom stereocenters. The summed E-state index contributed by atoms with van der Waals surface area (Å²) in [5.41, 5.74) is -0.0372. The highest BCUT2D eigenvalue weighted by Crippen LogP contribution is 2.05. The SMILES string of the molecule is O=C(O)c1cccc(C(=O)O)c1.Oc1ccccc1.Oc1ccccc1. The van der Waals surface area contributed by atoms with Gasteiger partial charge in [-0.15, -0.1) is 0 Å². The Balaban J connectivity index is 0.000000207. The third-order valence-corrected chi connectivity index (χ3v) is 2.87. The molecule has 0 spiro atoms. The van der Waals surface area contributed by atoms with Gasteiger partial charge in [0, 0.05) is 0 Å². The zero-order valence-corrected chi connectivity index (χ0v) is 13.7. The average Bonchev–Trinajstić information content (AvgIpc) is 2.64. The Hall–Kier alpha value is -3.80. The molecule has 0 amide bonds. The first-order valence-corrected chi connectivity index (χ1v) is 7.45. The quantitative estimate of drug-likeness (QED) is 0.555. The van der Waals surface area contributed by atoms with Gasteiger partial charge in [0.1, 0.15) is 11.5 Å². The van der Waals surface area contributed by atoms with Crippen molar-refractivity contribution < 1.29 is 30.0 Å². The fourth-order valence-corrected chi connectivity index (χ4v) is 1.64. The third-order valence-electron chi connectivity index (χ3n) is 2.87. The van der Waals surface area contributed by atoms with Gasteiger partial charge >= 0.3 is 11.9 Å². The largest absolute Gasteiger partial charge is 0.508 e. The topological polar surface area (TPSA) is 115 Å². The standard InChI is InChI=1S/C8H6O4.2C6H6O/c9-7(10)5-2-1-3-6(4-5)8(11)12;2*7-6-4-2-1-3-5-6/h1-4H,(H,9,10)(H,11,12);2*1-5,7H. The highest BCUT2D eigenvalue weighted by atomic mass is 16.4. The van der Waals surface area contributed by atoms with Crippen molar-refractivity contribution >= 4 is 11.9 Å². The molecule has 134 valence electrons. The lowest BCUT2D eigenvalue weighted by atomic mass is 10.1. The second kappa shape index (κ2) is 10.9. The van der Waals surface area contributed by atoms with E-state index < -0.39 is 11.9 Å². The maximum atomic E-state index is 10.4. The van der Waals surface area contributed by atoms with Crippen molar-refractivity contribution in [3.8, 4) is 11.5 Å². The average molecular weight is 354 g/mol. The number of carboxylic acid groups (broad SMARTS) is 2. The van der Waals surface area contributed by atoms with Crippen molar-refractivity contribution in [2.75, 3.05) is 0 Å². The molecule has 0 aromatic heterocycles. The molecule has 0 radical (unpaired) electrons. The van der Waals surface area contributed by atoms with E-state index in [1.807, 2.05) is 12.1 Å². The molecular formula is C20H18O6. The Morgan fingerprint density at radius 3 is 1.12 bits per heavy atom. The first-order chi connectivity index (χ1) is 12.4. The van der Waals surface area contributed by atoms with Crippen molar-refractivity contribution in [2.24, 2.45) is 0 Å². The lowest BCUT2D eigenvalue weighted by Gasteiger charge is -1.95. The Kier molecular flexibility index (Phi) is 8.47. The van der Waals surface area contributed by atoms with E-state index >= 15 is 0 Å². The summed E-state index contributed by atoms with van der Waals surface area (Å²) in [4.78, 5) is 20.8. The summed E-state index contributed by atoms with van der Waals surface area (Å²) in [5, 5.41) is 34.3. The van der Waals surface area contributed by atoms with E-state index in [-0.39, 0.29) is 11.1 Å². The zero-order chi connectivity index (χ0) is 19.4. The number of aromatic carboxylic acids is 2. The number of aromatic hydroxyl groups is 2. The summed E-state index contributed by atoms with van der Waals surface area (Å²) in [7, 11) is 0. The summed E-state index contributed by atoms with van der Waals surface area (Å²) >= 11 is 0. The number of carbonyl (C=O) groups is 2. The minimum absolute atomic E-state index is 0.0186. The molecule has 0 aliphatic rings. The molecule has 0 aliphatic carbocycles. The van der Waals surface area contributed by atoms with Crippen LogP contribution in [0.25, 0.3) is 0 Å². The lowest BCUT2D eigenvalue weighted by molar-refractivity contribution is 0.0696. The third kappa shape index (κ3) is 8.16. The smallest absolute Gasteiger partial charge is 0.335 e. The molecule has 3 rings (SSSR count). The van der Waals surface area contributed by atoms with Gasteiger partial charge in [-0.05, 0) is 42.5 Å². The van der Waals surface area contributed by atoms with Gasteiger partial charge in [-0.3, -0.25) is 0 Å². The maximum Gasteiger partial charge on any atom is 0.335 e. The van der Waals surface area contributed by atoms with Gasteiger partial charge in [-0.1, -0.05) is 42.5 Å². The molecule has 6 nitrogen and oxygen atoms in total. The van der Waals surface area contributed by atoms with Gasteiger partial charge in [-0.2, -0.15) is 0 Å². The molecule has 0 saturated carbocycles. The minimum atomic E-state index is -1.13. The maximum absolute atomic E-state index is 10.4. The first-order valence-electron chi connectivity index (χ1n) is 7.45. The Morgan fingerprint density at radius 2 is 0.885 bits per heavy atom. The summed E-state index contributed by atoms with van der Waals surface area (Å²) in [6.07, 6.45) is 0. The van der Waals surface area contributed by atoms with E-state index in [9.17, 15) is 9.59 Å². The Labute approximate surface area is 150 Å². The normalized spacial score (nSPS) is 8.92. The van der Waals surface area contributed by atoms with Crippen LogP contribution < -0.4 is 0 Å². The van der Waals surface area contributed by atoms with Crippen LogP contribution in [0.1, 0.15) is 20.7 Å². The van der Waals surface area contributed by atoms with Crippen LogP contribution in [0, 0.1) is 0 Å². The van der Waals surface area contributed by atoms with Gasteiger partial charge in [0.2, 0.25) is 0 Å². The van der Waals surface area contributed by atoms with Crippen molar-refractivity contribution in [1.29, 1.82) is 0 Å². The zero-order valence-electron chi connectivity index (χ0n) is 13.7. The molecule has 4 N–H and O–H groups in total. The number of para-hydroxylation sites is 2. The number of benzene rings is 3. The number of rotatable bonds is 2. The molecule has 0 fully saturated rings. The molecule has 3 aromatic rings. The predicted molar refractivity (Wildman–Crippen MR) is 96.6 cm³/mol. The van der Waals surface area contributed by atoms with Crippen LogP contribution in [0.5, 0.6) is 11.5 Å². The van der Waals surface area contributed by atoms with Crippen LogP contribution in [0.3, 0.4) is 0 Å². The highest BCUT2D eigenvalue weighted by Gasteiger charge is 2.06. The van der Waals surface area contributed by atoms with E-state index in [1.165, 1.54) is 18.2 Å². The van der Waals surface area contributed by atoms with Crippen LogP contribution in [0.15, 0.2) is 84.9 Å². The number of phenols is 2. The van der Waals surface area contributed by atoms with Gasteiger partial charge in [0.15, 0.2) is 0 Å². The van der Waals surface area contributed by atoms with Crippen LogP contribution in [0.2, 0.25) is 0 Å². The molecular weight excluding hydrogens is 336 g/mol. The second-order valence-corrected chi connectivity index (χ2v) is 4.86.